The van der Waals surface area contributed by atoms with Gasteiger partial charge in [-0.3, -0.25) is 4.79 Å². The number of nitrogens with one attached hydrogen (secondary N) is 1. The third kappa shape index (κ3) is 4.35. The number of aromatic nitrogens is 1. The second-order valence-corrected chi connectivity index (χ2v) is 7.52. The van der Waals surface area contributed by atoms with Crippen molar-refractivity contribution in [1.82, 2.24) is 9.88 Å². The van der Waals surface area contributed by atoms with Crippen LogP contribution in [0.15, 0.2) is 29.8 Å². The molecule has 146 valence electrons. The molecule has 2 heterocycles. The molecule has 1 aromatic heterocycles. The van der Waals surface area contributed by atoms with Crippen LogP contribution in [0.5, 0.6) is 0 Å². The first-order valence-electron chi connectivity index (χ1n) is 9.68. The monoisotopic (exact) mass is 377 g/mol. The van der Waals surface area contributed by atoms with E-state index in [1.54, 1.807) is 6.08 Å². The van der Waals surface area contributed by atoms with Crippen LogP contribution in [0.4, 0.5) is 0 Å². The van der Waals surface area contributed by atoms with Crippen molar-refractivity contribution < 1.29 is 9.53 Å². The maximum absolute atomic E-state index is 12.4. The van der Waals surface area contributed by atoms with Gasteiger partial charge in [-0.15, -0.1) is 0 Å². The number of amides is 1. The first kappa shape index (κ1) is 19.9. The maximum atomic E-state index is 12.4. The lowest BCUT2D eigenvalue weighted by molar-refractivity contribution is -0.117. The zero-order valence-corrected chi connectivity index (χ0v) is 17.0. The van der Waals surface area contributed by atoms with E-state index >= 15 is 0 Å². The van der Waals surface area contributed by atoms with Crippen molar-refractivity contribution in [3.63, 3.8) is 0 Å². The third-order valence-electron chi connectivity index (χ3n) is 5.11. The summed E-state index contributed by atoms with van der Waals surface area (Å²) in [5, 5.41) is 12.3. The average Bonchev–Trinajstić information content (AvgIpc) is 3.24. The molecular formula is C23H27N3O2. The van der Waals surface area contributed by atoms with Gasteiger partial charge in [-0.25, -0.2) is 0 Å². The summed E-state index contributed by atoms with van der Waals surface area (Å²) >= 11 is 0. The Morgan fingerprint density at radius 3 is 2.57 bits per heavy atom. The van der Waals surface area contributed by atoms with Crippen LogP contribution in [0.25, 0.3) is 11.8 Å². The topological polar surface area (TPSA) is 67.0 Å². The lowest BCUT2D eigenvalue weighted by Crippen LogP contribution is -2.32. The van der Waals surface area contributed by atoms with E-state index in [9.17, 15) is 10.1 Å². The SMILES string of the molecule is Cc1cc(C)cc(-n2c(C)cc(/C=C(\C#N)C(=O)NC[C@H]3CCCO3)c2C)c1. The van der Waals surface area contributed by atoms with E-state index in [-0.39, 0.29) is 17.6 Å². The van der Waals surface area contributed by atoms with Crippen LogP contribution in [0, 0.1) is 39.0 Å². The predicted octanol–water partition coefficient (Wildman–Crippen LogP) is 3.91. The second-order valence-electron chi connectivity index (χ2n) is 7.52. The van der Waals surface area contributed by atoms with Crippen molar-refractivity contribution in [3.05, 3.63) is 57.9 Å². The largest absolute Gasteiger partial charge is 0.376 e. The highest BCUT2D eigenvalue weighted by Crippen LogP contribution is 2.24. The van der Waals surface area contributed by atoms with Crippen LogP contribution >= 0.6 is 0 Å². The predicted molar refractivity (Wildman–Crippen MR) is 110 cm³/mol. The van der Waals surface area contributed by atoms with Gasteiger partial charge in [0.2, 0.25) is 0 Å². The number of rotatable bonds is 5. The summed E-state index contributed by atoms with van der Waals surface area (Å²) in [4.78, 5) is 12.4. The molecule has 1 aliphatic heterocycles. The molecule has 0 saturated carbocycles. The van der Waals surface area contributed by atoms with Gasteiger partial charge in [-0.05, 0) is 81.5 Å². The number of nitrogens with zero attached hydrogens (tertiary/aromatic N) is 2. The molecule has 1 fully saturated rings. The summed E-state index contributed by atoms with van der Waals surface area (Å²) in [5.74, 6) is -0.353. The van der Waals surface area contributed by atoms with Crippen LogP contribution in [0.2, 0.25) is 0 Å². The Morgan fingerprint density at radius 2 is 1.96 bits per heavy atom. The van der Waals surface area contributed by atoms with Crippen molar-refractivity contribution in [3.8, 4) is 11.8 Å². The summed E-state index contributed by atoms with van der Waals surface area (Å²) in [7, 11) is 0. The molecule has 0 spiro atoms. The molecule has 1 aromatic carbocycles. The van der Waals surface area contributed by atoms with Crippen LogP contribution in [0.1, 0.15) is 40.9 Å². The Morgan fingerprint density at radius 1 is 1.25 bits per heavy atom. The standard InChI is InChI=1S/C23H27N3O2/c1-15-8-16(2)10-21(9-15)26-17(3)11-19(18(26)4)12-20(13-24)23(27)25-14-22-6-5-7-28-22/h8-12,22H,5-7,14H2,1-4H3,(H,25,27)/b20-12+/t22-/m1/s1. The summed E-state index contributed by atoms with van der Waals surface area (Å²) in [6.45, 7) is 9.39. The Balaban J connectivity index is 1.86. The molecule has 1 amide bonds. The molecule has 0 unspecified atom stereocenters. The molecule has 1 atom stereocenters. The molecule has 0 bridgehead atoms. The number of nitriles is 1. The van der Waals surface area contributed by atoms with Crippen LogP contribution < -0.4 is 5.32 Å². The molecule has 1 saturated heterocycles. The van der Waals surface area contributed by atoms with Crippen molar-refractivity contribution in [1.29, 1.82) is 5.26 Å². The fraction of sp³-hybridized carbons (Fsp3) is 0.391. The third-order valence-corrected chi connectivity index (χ3v) is 5.11. The molecule has 0 aliphatic carbocycles. The highest BCUT2D eigenvalue weighted by atomic mass is 16.5. The fourth-order valence-corrected chi connectivity index (χ4v) is 3.82. The molecule has 28 heavy (non-hydrogen) atoms. The second kappa shape index (κ2) is 8.45. The van der Waals surface area contributed by atoms with Crippen molar-refractivity contribution in [2.45, 2.75) is 46.6 Å². The highest BCUT2D eigenvalue weighted by molar-refractivity contribution is 6.01. The van der Waals surface area contributed by atoms with Gasteiger partial charge in [0.25, 0.3) is 5.91 Å². The van der Waals surface area contributed by atoms with E-state index in [2.05, 4.69) is 41.9 Å². The van der Waals surface area contributed by atoms with Crippen LogP contribution in [0.3, 0.4) is 0 Å². The lowest BCUT2D eigenvalue weighted by Gasteiger charge is -2.12. The van der Waals surface area contributed by atoms with Crippen molar-refractivity contribution in [2.24, 2.45) is 0 Å². The van der Waals surface area contributed by atoms with E-state index in [0.717, 1.165) is 42.1 Å². The molecule has 5 heteroatoms. The Kier molecular flexibility index (Phi) is 6.01. The zero-order valence-electron chi connectivity index (χ0n) is 17.0. The summed E-state index contributed by atoms with van der Waals surface area (Å²) in [6.07, 6.45) is 3.69. The van der Waals surface area contributed by atoms with E-state index in [4.69, 9.17) is 4.74 Å². The van der Waals surface area contributed by atoms with Gasteiger partial charge in [-0.2, -0.15) is 5.26 Å². The van der Waals surface area contributed by atoms with Gasteiger partial charge in [0.15, 0.2) is 0 Å². The van der Waals surface area contributed by atoms with Gasteiger partial charge in [0, 0.05) is 30.2 Å². The van der Waals surface area contributed by atoms with Gasteiger partial charge in [0.1, 0.15) is 11.6 Å². The smallest absolute Gasteiger partial charge is 0.262 e. The summed E-state index contributed by atoms with van der Waals surface area (Å²) in [5.41, 5.74) is 6.54. The first-order chi connectivity index (χ1) is 13.4. The fourth-order valence-electron chi connectivity index (χ4n) is 3.82. The summed E-state index contributed by atoms with van der Waals surface area (Å²) < 4.78 is 7.68. The zero-order chi connectivity index (χ0) is 20.3. The summed E-state index contributed by atoms with van der Waals surface area (Å²) in [6, 6.07) is 10.5. The van der Waals surface area contributed by atoms with Gasteiger partial charge in [-0.1, -0.05) is 6.07 Å². The minimum atomic E-state index is -0.353. The lowest BCUT2D eigenvalue weighted by atomic mass is 10.1. The number of benzene rings is 1. The number of aryl methyl sites for hydroxylation is 3. The van der Waals surface area contributed by atoms with Gasteiger partial charge < -0.3 is 14.6 Å². The normalized spacial score (nSPS) is 16.8. The molecule has 1 aliphatic rings. The Labute approximate surface area is 166 Å². The molecule has 2 aromatic rings. The number of hydrogen-bond donors (Lipinski definition) is 1. The van der Waals surface area contributed by atoms with Crippen molar-refractivity contribution >= 4 is 12.0 Å². The molecule has 1 N–H and O–H groups in total. The number of hydrogen-bond acceptors (Lipinski definition) is 3. The highest BCUT2D eigenvalue weighted by Gasteiger charge is 2.18. The minimum Gasteiger partial charge on any atom is -0.376 e. The number of carbonyl (C=O) groups excluding carboxylic acids is 1. The average molecular weight is 377 g/mol. The van der Waals surface area contributed by atoms with Crippen LogP contribution in [-0.2, 0) is 9.53 Å². The first-order valence-corrected chi connectivity index (χ1v) is 9.68. The molecule has 0 radical (unpaired) electrons. The van der Waals surface area contributed by atoms with Gasteiger partial charge >= 0.3 is 0 Å². The Hall–Kier alpha value is -2.84. The minimum absolute atomic E-state index is 0.0542. The molecule has 5 nitrogen and oxygen atoms in total. The van der Waals surface area contributed by atoms with Crippen molar-refractivity contribution in [2.75, 3.05) is 13.2 Å². The van der Waals surface area contributed by atoms with E-state index in [0.29, 0.717) is 6.54 Å². The van der Waals surface area contributed by atoms with E-state index in [1.165, 1.54) is 11.1 Å². The van der Waals surface area contributed by atoms with E-state index in [1.807, 2.05) is 26.0 Å². The van der Waals surface area contributed by atoms with Gasteiger partial charge in [0.05, 0.1) is 6.10 Å². The maximum Gasteiger partial charge on any atom is 0.262 e. The molecule has 3 rings (SSSR count). The number of carbonyl (C=O) groups is 1. The Bertz CT molecular complexity index is 937. The number of ether oxygens (including phenoxy) is 1. The van der Waals surface area contributed by atoms with E-state index < -0.39 is 0 Å². The van der Waals surface area contributed by atoms with Crippen LogP contribution in [-0.4, -0.2) is 29.7 Å². The molecular weight excluding hydrogens is 350 g/mol. The quantitative estimate of drug-likeness (QED) is 0.634.